The van der Waals surface area contributed by atoms with Crippen LogP contribution in [-0.2, 0) is 11.2 Å². The maximum absolute atomic E-state index is 6.01. The van der Waals surface area contributed by atoms with Gasteiger partial charge in [-0.2, -0.15) is 5.10 Å². The Morgan fingerprint density at radius 1 is 1.28 bits per heavy atom. The van der Waals surface area contributed by atoms with Crippen molar-refractivity contribution in [3.63, 3.8) is 0 Å². The fraction of sp³-hybridized carbons (Fsp3) is 0.524. The van der Waals surface area contributed by atoms with Crippen LogP contribution in [0, 0.1) is 0 Å². The van der Waals surface area contributed by atoms with E-state index in [4.69, 9.17) is 4.74 Å². The van der Waals surface area contributed by atoms with Gasteiger partial charge in [-0.05, 0) is 49.6 Å². The summed E-state index contributed by atoms with van der Waals surface area (Å²) >= 11 is 0. The first kappa shape index (κ1) is 22.0. The molecular weight excluding hydrogens is 479 g/mol. The second-order valence-electron chi connectivity index (χ2n) is 7.49. The van der Waals surface area contributed by atoms with Crippen molar-refractivity contribution < 1.29 is 4.74 Å². The largest absolute Gasteiger partial charge is 0.373 e. The van der Waals surface area contributed by atoms with E-state index in [9.17, 15) is 0 Å². The molecule has 2 unspecified atom stereocenters. The van der Waals surface area contributed by atoms with Crippen LogP contribution in [0.3, 0.4) is 0 Å². The zero-order valence-corrected chi connectivity index (χ0v) is 19.3. The summed E-state index contributed by atoms with van der Waals surface area (Å²) in [6, 6.07) is 11.1. The van der Waals surface area contributed by atoms with Crippen LogP contribution >= 0.6 is 24.0 Å². The van der Waals surface area contributed by atoms with E-state index in [0.717, 1.165) is 44.3 Å². The highest BCUT2D eigenvalue weighted by Gasteiger charge is 2.32. The molecule has 2 atom stereocenters. The molecule has 0 amide bonds. The first-order chi connectivity index (χ1) is 13.8. The molecule has 1 aromatic carbocycles. The molecule has 2 N–H and O–H groups in total. The molecule has 8 heteroatoms. The van der Waals surface area contributed by atoms with Gasteiger partial charge < -0.3 is 15.4 Å². The summed E-state index contributed by atoms with van der Waals surface area (Å²) in [5.41, 5.74) is 2.36. The Hall–Kier alpha value is -1.65. The Morgan fingerprint density at radius 3 is 2.90 bits per heavy atom. The van der Waals surface area contributed by atoms with Gasteiger partial charge in [-0.1, -0.05) is 12.1 Å². The number of aromatic nitrogens is 2. The topological polar surface area (TPSA) is 66.7 Å². The molecule has 0 bridgehead atoms. The molecule has 29 heavy (non-hydrogen) atoms. The van der Waals surface area contributed by atoms with Crippen molar-refractivity contribution in [2.45, 2.75) is 31.4 Å². The number of nitrogens with zero attached hydrogens (tertiary/aromatic N) is 4. The van der Waals surface area contributed by atoms with Crippen LogP contribution in [0.4, 0.5) is 0 Å². The lowest BCUT2D eigenvalue weighted by Gasteiger charge is -2.35. The van der Waals surface area contributed by atoms with E-state index in [1.807, 2.05) is 24.0 Å². The number of aliphatic imine (C=N–C) groups is 1. The summed E-state index contributed by atoms with van der Waals surface area (Å²) in [7, 11) is 1.81. The Morgan fingerprint density at radius 2 is 2.14 bits per heavy atom. The Bertz CT molecular complexity index is 764. The second-order valence-corrected chi connectivity index (χ2v) is 7.49. The maximum Gasteiger partial charge on any atom is 0.191 e. The normalized spacial score (nSPS) is 22.0. The summed E-state index contributed by atoms with van der Waals surface area (Å²) in [6.07, 6.45) is 7.51. The first-order valence-electron chi connectivity index (χ1n) is 10.2. The smallest absolute Gasteiger partial charge is 0.191 e. The summed E-state index contributed by atoms with van der Waals surface area (Å²) in [4.78, 5) is 6.90. The van der Waals surface area contributed by atoms with Gasteiger partial charge in [0.25, 0.3) is 0 Å². The summed E-state index contributed by atoms with van der Waals surface area (Å²) in [6.45, 7) is 4.74. The highest BCUT2D eigenvalue weighted by molar-refractivity contribution is 14.0. The summed E-state index contributed by atoms with van der Waals surface area (Å²) in [5.74, 6) is 0.834. The van der Waals surface area contributed by atoms with Crippen LogP contribution in [0.2, 0.25) is 0 Å². The van der Waals surface area contributed by atoms with Gasteiger partial charge in [0.1, 0.15) is 0 Å². The molecule has 2 saturated heterocycles. The van der Waals surface area contributed by atoms with Crippen LogP contribution < -0.4 is 10.6 Å². The van der Waals surface area contributed by atoms with Gasteiger partial charge in [-0.25, -0.2) is 4.68 Å². The van der Waals surface area contributed by atoms with Crippen LogP contribution in [0.15, 0.2) is 47.7 Å². The average molecular weight is 510 g/mol. The van der Waals surface area contributed by atoms with E-state index >= 15 is 0 Å². The van der Waals surface area contributed by atoms with Gasteiger partial charge in [0.05, 0.1) is 18.4 Å². The van der Waals surface area contributed by atoms with Gasteiger partial charge in [-0.15, -0.1) is 24.0 Å². The minimum Gasteiger partial charge on any atom is -0.373 e. The first-order valence-corrected chi connectivity index (χ1v) is 10.2. The zero-order chi connectivity index (χ0) is 19.2. The number of guanidine groups is 1. The SMILES string of the molecule is CN=C(NCCc1ccc(-n2cccn2)cc1)NCC1CN2CCCC2CO1.I. The van der Waals surface area contributed by atoms with E-state index in [1.54, 1.807) is 6.20 Å². The number of morpholine rings is 1. The molecule has 0 aliphatic carbocycles. The lowest BCUT2D eigenvalue weighted by atomic mass is 10.1. The number of halogens is 1. The number of fused-ring (bicyclic) bond motifs is 1. The Balaban J connectivity index is 0.00000240. The number of hydrogen-bond acceptors (Lipinski definition) is 4. The van der Waals surface area contributed by atoms with Crippen LogP contribution in [0.25, 0.3) is 5.69 Å². The molecule has 2 aliphatic heterocycles. The van der Waals surface area contributed by atoms with Crippen LogP contribution in [0.5, 0.6) is 0 Å². The van der Waals surface area contributed by atoms with Crippen molar-refractivity contribution >= 4 is 29.9 Å². The molecule has 0 radical (unpaired) electrons. The highest BCUT2D eigenvalue weighted by Crippen LogP contribution is 2.22. The number of ether oxygens (including phenoxy) is 1. The third-order valence-corrected chi connectivity index (χ3v) is 5.59. The molecule has 3 heterocycles. The fourth-order valence-electron chi connectivity index (χ4n) is 4.00. The van der Waals surface area contributed by atoms with E-state index in [1.165, 1.54) is 24.9 Å². The minimum atomic E-state index is 0. The zero-order valence-electron chi connectivity index (χ0n) is 17.0. The van der Waals surface area contributed by atoms with Gasteiger partial charge in [0.2, 0.25) is 0 Å². The number of hydrogen-bond donors (Lipinski definition) is 2. The number of nitrogens with one attached hydrogen (secondary N) is 2. The van der Waals surface area contributed by atoms with Crippen molar-refractivity contribution in [1.82, 2.24) is 25.3 Å². The van der Waals surface area contributed by atoms with Crippen molar-refractivity contribution in [3.8, 4) is 5.69 Å². The van der Waals surface area contributed by atoms with Crippen molar-refractivity contribution in [2.24, 2.45) is 4.99 Å². The third kappa shape index (κ3) is 5.93. The van der Waals surface area contributed by atoms with Gasteiger partial charge in [-0.3, -0.25) is 9.89 Å². The number of rotatable bonds is 6. The lowest BCUT2D eigenvalue weighted by molar-refractivity contribution is -0.0453. The number of benzene rings is 1. The molecule has 158 valence electrons. The maximum atomic E-state index is 6.01. The fourth-order valence-corrected chi connectivity index (χ4v) is 4.00. The molecule has 7 nitrogen and oxygen atoms in total. The van der Waals surface area contributed by atoms with Crippen molar-refractivity contribution in [1.29, 1.82) is 0 Å². The minimum absolute atomic E-state index is 0. The van der Waals surface area contributed by atoms with E-state index in [-0.39, 0.29) is 30.1 Å². The molecule has 2 aromatic rings. The standard InChI is InChI=1S/C21H30N6O.HI/c1-22-21(24-14-20-15-26-12-2-4-19(26)16-28-20)23-11-9-17-5-7-18(8-6-17)27-13-3-10-25-27;/h3,5-8,10,13,19-20H,2,4,9,11-12,14-16H2,1H3,(H2,22,23,24);1H. The average Bonchev–Trinajstić information content (AvgIpc) is 3.42. The second kappa shape index (κ2) is 10.9. The third-order valence-electron chi connectivity index (χ3n) is 5.59. The predicted octanol–water partition coefficient (Wildman–Crippen LogP) is 2.06. The lowest BCUT2D eigenvalue weighted by Crippen LogP contribution is -2.51. The Labute approximate surface area is 189 Å². The molecule has 1 aromatic heterocycles. The molecule has 0 spiro atoms. The quantitative estimate of drug-likeness (QED) is 0.354. The Kier molecular flexibility index (Phi) is 8.31. The summed E-state index contributed by atoms with van der Waals surface area (Å²) < 4.78 is 7.87. The van der Waals surface area contributed by atoms with Gasteiger partial charge in [0, 0.05) is 45.1 Å². The van der Waals surface area contributed by atoms with E-state index in [0.29, 0.717) is 6.04 Å². The molecular formula is C21H31IN6O. The molecule has 2 fully saturated rings. The van der Waals surface area contributed by atoms with E-state index < -0.39 is 0 Å². The van der Waals surface area contributed by atoms with Gasteiger partial charge in [0.15, 0.2) is 5.96 Å². The van der Waals surface area contributed by atoms with Crippen LogP contribution in [0.1, 0.15) is 18.4 Å². The predicted molar refractivity (Wildman–Crippen MR) is 126 cm³/mol. The molecule has 0 saturated carbocycles. The molecule has 4 rings (SSSR count). The van der Waals surface area contributed by atoms with Crippen molar-refractivity contribution in [2.75, 3.05) is 39.8 Å². The molecule has 2 aliphatic rings. The summed E-state index contributed by atoms with van der Waals surface area (Å²) in [5, 5.41) is 11.1. The van der Waals surface area contributed by atoms with Gasteiger partial charge >= 0.3 is 0 Å². The van der Waals surface area contributed by atoms with E-state index in [2.05, 4.69) is 49.9 Å². The highest BCUT2D eigenvalue weighted by atomic mass is 127. The van der Waals surface area contributed by atoms with Crippen molar-refractivity contribution in [3.05, 3.63) is 48.3 Å². The van der Waals surface area contributed by atoms with Crippen LogP contribution in [-0.4, -0.2) is 72.6 Å². The monoisotopic (exact) mass is 510 g/mol.